The molecule has 1 fully saturated rings. The number of carbonyl (C=O) groups is 1. The minimum atomic E-state index is -3.56. The van der Waals surface area contributed by atoms with E-state index in [0.717, 1.165) is 0 Å². The molecular formula is C13H18N2O5S. The molecule has 1 amide bonds. The number of rotatable bonds is 4. The van der Waals surface area contributed by atoms with Gasteiger partial charge >= 0.3 is 6.09 Å². The molecule has 1 saturated heterocycles. The molecule has 0 saturated carbocycles. The number of methoxy groups -OCH3 is 1. The number of hydrogen-bond donors (Lipinski definition) is 1. The quantitative estimate of drug-likeness (QED) is 0.892. The van der Waals surface area contributed by atoms with Gasteiger partial charge in [0.25, 0.3) is 0 Å². The predicted molar refractivity (Wildman–Crippen MR) is 75.4 cm³/mol. The molecule has 1 heterocycles. The van der Waals surface area contributed by atoms with Crippen LogP contribution in [0.5, 0.6) is 5.75 Å². The van der Waals surface area contributed by atoms with Crippen molar-refractivity contribution in [1.29, 1.82) is 0 Å². The van der Waals surface area contributed by atoms with Crippen LogP contribution in [0.25, 0.3) is 0 Å². The number of nitrogens with zero attached hydrogens (tertiary/aromatic N) is 1. The molecule has 2 N–H and O–H groups in total. The molecule has 0 aromatic heterocycles. The van der Waals surface area contributed by atoms with Crippen molar-refractivity contribution in [1.82, 2.24) is 4.31 Å². The number of nitrogens with two attached hydrogens (primary N) is 1. The molecule has 0 atom stereocenters. The van der Waals surface area contributed by atoms with Gasteiger partial charge in [0.2, 0.25) is 10.0 Å². The van der Waals surface area contributed by atoms with E-state index in [0.29, 0.717) is 18.6 Å². The molecule has 0 radical (unpaired) electrons. The van der Waals surface area contributed by atoms with E-state index in [2.05, 4.69) is 0 Å². The van der Waals surface area contributed by atoms with Crippen LogP contribution in [-0.2, 0) is 14.8 Å². The van der Waals surface area contributed by atoms with E-state index in [1.54, 1.807) is 12.1 Å². The van der Waals surface area contributed by atoms with Crippen molar-refractivity contribution in [2.45, 2.75) is 23.8 Å². The summed E-state index contributed by atoms with van der Waals surface area (Å²) in [5, 5.41) is 0. The van der Waals surface area contributed by atoms with Gasteiger partial charge in [-0.3, -0.25) is 0 Å². The zero-order valence-corrected chi connectivity index (χ0v) is 12.5. The van der Waals surface area contributed by atoms with Crippen LogP contribution >= 0.6 is 0 Å². The average Bonchev–Trinajstić information content (AvgIpc) is 2.47. The Kier molecular flexibility index (Phi) is 4.69. The molecule has 1 aromatic carbocycles. The molecule has 21 heavy (non-hydrogen) atoms. The van der Waals surface area contributed by atoms with E-state index < -0.39 is 16.1 Å². The standard InChI is InChI=1S/C13H18N2O5S/c1-19-11-3-2-4-12(9-11)21(17,18)15-7-5-10(6-8-15)20-13(14)16/h2-4,9-10H,5-8H2,1H3,(H2,14,16). The summed E-state index contributed by atoms with van der Waals surface area (Å²) in [7, 11) is -2.08. The van der Waals surface area contributed by atoms with Crippen molar-refractivity contribution in [2.75, 3.05) is 20.2 Å². The van der Waals surface area contributed by atoms with Gasteiger partial charge in [-0.1, -0.05) is 6.07 Å². The largest absolute Gasteiger partial charge is 0.497 e. The second-order valence-corrected chi connectivity index (χ2v) is 6.66. The highest BCUT2D eigenvalue weighted by molar-refractivity contribution is 7.89. The van der Waals surface area contributed by atoms with E-state index in [1.165, 1.54) is 23.5 Å². The zero-order chi connectivity index (χ0) is 15.5. The summed E-state index contributed by atoms with van der Waals surface area (Å²) in [4.78, 5) is 10.9. The van der Waals surface area contributed by atoms with Gasteiger partial charge in [0, 0.05) is 19.2 Å². The van der Waals surface area contributed by atoms with Gasteiger partial charge in [0.05, 0.1) is 12.0 Å². The normalized spacial score (nSPS) is 17.4. The fraction of sp³-hybridized carbons (Fsp3) is 0.462. The minimum Gasteiger partial charge on any atom is -0.497 e. The van der Waals surface area contributed by atoms with Crippen LogP contribution in [0.15, 0.2) is 29.2 Å². The van der Waals surface area contributed by atoms with E-state index in [9.17, 15) is 13.2 Å². The van der Waals surface area contributed by atoms with Crippen LogP contribution in [0.1, 0.15) is 12.8 Å². The summed E-state index contributed by atoms with van der Waals surface area (Å²) in [6.07, 6.45) is -0.276. The van der Waals surface area contributed by atoms with Crippen LogP contribution in [0, 0.1) is 0 Å². The molecule has 1 aliphatic heterocycles. The van der Waals surface area contributed by atoms with Crippen molar-refractivity contribution in [3.05, 3.63) is 24.3 Å². The molecule has 7 nitrogen and oxygen atoms in total. The first-order valence-electron chi connectivity index (χ1n) is 6.54. The third kappa shape index (κ3) is 3.64. The van der Waals surface area contributed by atoms with Gasteiger partial charge in [-0.15, -0.1) is 0 Å². The Morgan fingerprint density at radius 3 is 2.57 bits per heavy atom. The second-order valence-electron chi connectivity index (χ2n) is 4.72. The molecule has 1 aliphatic rings. The molecule has 8 heteroatoms. The molecule has 0 spiro atoms. The fourth-order valence-corrected chi connectivity index (χ4v) is 3.77. The van der Waals surface area contributed by atoms with Crippen molar-refractivity contribution >= 4 is 16.1 Å². The molecule has 0 unspecified atom stereocenters. The van der Waals surface area contributed by atoms with Gasteiger partial charge in [0.15, 0.2) is 0 Å². The lowest BCUT2D eigenvalue weighted by Crippen LogP contribution is -2.41. The summed E-state index contributed by atoms with van der Waals surface area (Å²) in [5.74, 6) is 0.489. The Morgan fingerprint density at radius 2 is 2.00 bits per heavy atom. The number of ether oxygens (including phenoxy) is 2. The smallest absolute Gasteiger partial charge is 0.404 e. The number of hydrogen-bond acceptors (Lipinski definition) is 5. The van der Waals surface area contributed by atoms with Gasteiger partial charge < -0.3 is 15.2 Å². The summed E-state index contributed by atoms with van der Waals surface area (Å²) >= 11 is 0. The van der Waals surface area contributed by atoms with Crippen molar-refractivity contribution in [3.63, 3.8) is 0 Å². The van der Waals surface area contributed by atoms with Crippen molar-refractivity contribution < 1.29 is 22.7 Å². The molecule has 116 valence electrons. The van der Waals surface area contributed by atoms with Crippen LogP contribution in [0.4, 0.5) is 4.79 Å². The third-order valence-electron chi connectivity index (χ3n) is 3.36. The Bertz CT molecular complexity index is 609. The SMILES string of the molecule is COc1cccc(S(=O)(=O)N2CCC(OC(N)=O)CC2)c1. The highest BCUT2D eigenvalue weighted by Crippen LogP contribution is 2.24. The summed E-state index contributed by atoms with van der Waals surface area (Å²) < 4.78 is 36.4. The molecule has 1 aromatic rings. The first-order chi connectivity index (χ1) is 9.93. The minimum absolute atomic E-state index is 0.191. The lowest BCUT2D eigenvalue weighted by atomic mass is 10.1. The maximum atomic E-state index is 12.5. The molecule has 0 aliphatic carbocycles. The van der Waals surface area contributed by atoms with Crippen LogP contribution in [-0.4, -0.2) is 45.1 Å². The average molecular weight is 314 g/mol. The Balaban J connectivity index is 2.09. The number of sulfonamides is 1. The van der Waals surface area contributed by atoms with Crippen LogP contribution in [0.2, 0.25) is 0 Å². The lowest BCUT2D eigenvalue weighted by Gasteiger charge is -2.30. The Labute approximate surface area is 123 Å². The highest BCUT2D eigenvalue weighted by atomic mass is 32.2. The number of carbonyl (C=O) groups excluding carboxylic acids is 1. The van der Waals surface area contributed by atoms with Gasteiger partial charge in [-0.2, -0.15) is 4.31 Å². The number of benzene rings is 1. The first-order valence-corrected chi connectivity index (χ1v) is 7.98. The van der Waals surface area contributed by atoms with Crippen LogP contribution < -0.4 is 10.5 Å². The molecular weight excluding hydrogens is 296 g/mol. The monoisotopic (exact) mass is 314 g/mol. The van der Waals surface area contributed by atoms with Gasteiger partial charge in [0.1, 0.15) is 11.9 Å². The van der Waals surface area contributed by atoms with Crippen molar-refractivity contribution in [3.8, 4) is 5.75 Å². The van der Waals surface area contributed by atoms with E-state index in [-0.39, 0.29) is 24.1 Å². The topological polar surface area (TPSA) is 98.9 Å². The first kappa shape index (κ1) is 15.6. The number of piperidine rings is 1. The Morgan fingerprint density at radius 1 is 1.33 bits per heavy atom. The fourth-order valence-electron chi connectivity index (χ4n) is 2.27. The Hall–Kier alpha value is -1.80. The van der Waals surface area contributed by atoms with Gasteiger partial charge in [-0.05, 0) is 25.0 Å². The lowest BCUT2D eigenvalue weighted by molar-refractivity contribution is 0.0741. The number of amides is 1. The number of primary amides is 1. The molecule has 0 bridgehead atoms. The third-order valence-corrected chi connectivity index (χ3v) is 5.26. The maximum Gasteiger partial charge on any atom is 0.404 e. The highest BCUT2D eigenvalue weighted by Gasteiger charge is 2.30. The maximum absolute atomic E-state index is 12.5. The predicted octanol–water partition coefficient (Wildman–Crippen LogP) is 0.944. The summed E-state index contributed by atoms with van der Waals surface area (Å²) in [5.41, 5.74) is 4.96. The second kappa shape index (κ2) is 6.31. The van der Waals surface area contributed by atoms with E-state index in [4.69, 9.17) is 15.2 Å². The van der Waals surface area contributed by atoms with Crippen LogP contribution in [0.3, 0.4) is 0 Å². The van der Waals surface area contributed by atoms with Crippen molar-refractivity contribution in [2.24, 2.45) is 5.73 Å². The van der Waals surface area contributed by atoms with Gasteiger partial charge in [-0.25, -0.2) is 13.2 Å². The molecule has 2 rings (SSSR count). The van der Waals surface area contributed by atoms with E-state index in [1.807, 2.05) is 0 Å². The summed E-state index contributed by atoms with van der Waals surface area (Å²) in [6, 6.07) is 6.34. The zero-order valence-electron chi connectivity index (χ0n) is 11.7. The summed E-state index contributed by atoms with van der Waals surface area (Å²) in [6.45, 7) is 0.578. The van der Waals surface area contributed by atoms with E-state index >= 15 is 0 Å².